The van der Waals surface area contributed by atoms with E-state index in [9.17, 15) is 0 Å². The summed E-state index contributed by atoms with van der Waals surface area (Å²) in [6.45, 7) is 0. The van der Waals surface area contributed by atoms with Crippen LogP contribution in [0.3, 0.4) is 0 Å². The highest BCUT2D eigenvalue weighted by Gasteiger charge is 1.98. The van der Waals surface area contributed by atoms with Crippen molar-refractivity contribution in [3.8, 4) is 5.75 Å². The van der Waals surface area contributed by atoms with Crippen molar-refractivity contribution in [2.75, 3.05) is 7.11 Å². The van der Waals surface area contributed by atoms with Gasteiger partial charge in [0.15, 0.2) is 0 Å². The number of ether oxygens (including phenoxy) is 1. The van der Waals surface area contributed by atoms with E-state index >= 15 is 0 Å². The van der Waals surface area contributed by atoms with Gasteiger partial charge in [-0.1, -0.05) is 18.2 Å². The highest BCUT2D eigenvalue weighted by molar-refractivity contribution is 14.1. The number of halogens is 1. The molecule has 0 radical (unpaired) electrons. The van der Waals surface area contributed by atoms with Crippen LogP contribution in [0.2, 0.25) is 0 Å². The number of thiophene rings is 1. The number of hydrogen-bond acceptors (Lipinski definition) is 5. The Kier molecular flexibility index (Phi) is 7.68. The quantitative estimate of drug-likeness (QED) is 0.350. The molecule has 0 aliphatic rings. The largest absolute Gasteiger partial charge is 0.497 e. The smallest absolute Gasteiger partial charge is 0.118 e. The number of hydrogen-bond donors (Lipinski definition) is 0. The Balaban J connectivity index is 1.80. The maximum atomic E-state index is 5.12. The standard InChI is InChI=1S/C17H16IN3OS/c1-22-15-8-6-14(7-9-15)10-12-20-19-11-2-4-16(21-18)17-5-3-13-23-17/h2-9,11-13H,10H2,1H3/b4-2-,19-11+,20-12+,21-16?. The first-order valence-electron chi connectivity index (χ1n) is 6.91. The lowest BCUT2D eigenvalue weighted by Crippen LogP contribution is -1.90. The molecule has 118 valence electrons. The Morgan fingerprint density at radius 1 is 1.22 bits per heavy atom. The Hall–Kier alpha value is -1.80. The van der Waals surface area contributed by atoms with Gasteiger partial charge in [0.1, 0.15) is 5.75 Å². The van der Waals surface area contributed by atoms with Crippen molar-refractivity contribution in [3.05, 3.63) is 64.4 Å². The number of benzene rings is 1. The van der Waals surface area contributed by atoms with Crippen LogP contribution in [0.4, 0.5) is 0 Å². The van der Waals surface area contributed by atoms with E-state index in [1.807, 2.05) is 76.8 Å². The SMILES string of the molecule is COc1ccc(C/C=N/N=C/C=C\C(=NI)c2cccs2)cc1. The number of allylic oxidation sites excluding steroid dienone is 2. The fourth-order valence-corrected chi connectivity index (χ4v) is 3.02. The van der Waals surface area contributed by atoms with Crippen LogP contribution in [0.15, 0.2) is 67.3 Å². The average molecular weight is 437 g/mol. The summed E-state index contributed by atoms with van der Waals surface area (Å²) < 4.78 is 9.34. The molecule has 0 unspecified atom stereocenters. The summed E-state index contributed by atoms with van der Waals surface area (Å²) in [6.07, 6.45) is 7.92. The van der Waals surface area contributed by atoms with Crippen molar-refractivity contribution in [3.63, 3.8) is 0 Å². The van der Waals surface area contributed by atoms with Crippen LogP contribution >= 0.6 is 34.2 Å². The molecule has 0 fully saturated rings. The van der Waals surface area contributed by atoms with Crippen LogP contribution in [0.25, 0.3) is 0 Å². The molecule has 1 heterocycles. The molecule has 0 N–H and O–H groups in total. The molecule has 0 amide bonds. The number of rotatable bonds is 7. The summed E-state index contributed by atoms with van der Waals surface area (Å²) in [5.74, 6) is 0.854. The summed E-state index contributed by atoms with van der Waals surface area (Å²) in [6, 6.07) is 11.9. The minimum absolute atomic E-state index is 0.737. The highest BCUT2D eigenvalue weighted by Crippen LogP contribution is 2.12. The maximum Gasteiger partial charge on any atom is 0.118 e. The van der Waals surface area contributed by atoms with Gasteiger partial charge in [-0.25, -0.2) is 3.21 Å². The molecule has 4 nitrogen and oxygen atoms in total. The van der Waals surface area contributed by atoms with E-state index in [4.69, 9.17) is 4.74 Å². The van der Waals surface area contributed by atoms with Crippen molar-refractivity contribution in [2.24, 2.45) is 13.4 Å². The van der Waals surface area contributed by atoms with Crippen LogP contribution < -0.4 is 4.74 Å². The average Bonchev–Trinajstić information content (AvgIpc) is 3.12. The summed E-state index contributed by atoms with van der Waals surface area (Å²) in [4.78, 5) is 1.13. The van der Waals surface area contributed by atoms with Gasteiger partial charge in [-0.15, -0.1) is 11.3 Å². The third-order valence-corrected chi connectivity index (χ3v) is 4.32. The van der Waals surface area contributed by atoms with Gasteiger partial charge >= 0.3 is 0 Å². The molecule has 0 saturated carbocycles. The van der Waals surface area contributed by atoms with Crippen LogP contribution in [0, 0.1) is 0 Å². The molecule has 1 aromatic heterocycles. The molecular weight excluding hydrogens is 421 g/mol. The Labute approximate surface area is 153 Å². The minimum atomic E-state index is 0.737. The van der Waals surface area contributed by atoms with Crippen LogP contribution in [-0.2, 0) is 6.42 Å². The van der Waals surface area contributed by atoms with Crippen molar-refractivity contribution in [1.82, 2.24) is 0 Å². The van der Waals surface area contributed by atoms with Crippen LogP contribution in [0.5, 0.6) is 5.75 Å². The normalized spacial score (nSPS) is 12.7. The van der Waals surface area contributed by atoms with Gasteiger partial charge in [0.25, 0.3) is 0 Å². The molecule has 6 heteroatoms. The molecule has 23 heavy (non-hydrogen) atoms. The van der Waals surface area contributed by atoms with Crippen molar-refractivity contribution >= 4 is 52.3 Å². The molecule has 0 saturated heterocycles. The lowest BCUT2D eigenvalue weighted by atomic mass is 10.2. The topological polar surface area (TPSA) is 46.3 Å². The zero-order valence-electron chi connectivity index (χ0n) is 12.6. The van der Waals surface area contributed by atoms with E-state index in [2.05, 4.69) is 13.4 Å². The molecular formula is C17H16IN3OS. The zero-order valence-corrected chi connectivity index (χ0v) is 15.6. The van der Waals surface area contributed by atoms with Gasteiger partial charge < -0.3 is 4.74 Å². The first-order valence-corrected chi connectivity index (χ1v) is 8.75. The predicted molar refractivity (Wildman–Crippen MR) is 108 cm³/mol. The van der Waals surface area contributed by atoms with Gasteiger partial charge in [0, 0.05) is 18.9 Å². The zero-order chi connectivity index (χ0) is 16.3. The molecule has 0 spiro atoms. The maximum absolute atomic E-state index is 5.12. The molecule has 2 aromatic rings. The summed E-state index contributed by atoms with van der Waals surface area (Å²) in [5, 5.41) is 10.0. The first kappa shape index (κ1) is 17.6. The first-order chi connectivity index (χ1) is 11.3. The molecule has 1 aromatic carbocycles. The highest BCUT2D eigenvalue weighted by atomic mass is 127. The fraction of sp³-hybridized carbons (Fsp3) is 0.118. The lowest BCUT2D eigenvalue weighted by Gasteiger charge is -1.99. The van der Waals surface area contributed by atoms with Crippen molar-refractivity contribution in [1.29, 1.82) is 0 Å². The Morgan fingerprint density at radius 3 is 2.70 bits per heavy atom. The molecule has 0 aliphatic carbocycles. The van der Waals surface area contributed by atoms with E-state index in [0.29, 0.717) is 0 Å². The predicted octanol–water partition coefficient (Wildman–Crippen LogP) is 4.75. The second kappa shape index (κ2) is 10.1. The van der Waals surface area contributed by atoms with Gasteiger partial charge in [0.2, 0.25) is 0 Å². The van der Waals surface area contributed by atoms with Crippen LogP contribution in [0.1, 0.15) is 10.4 Å². The Morgan fingerprint density at radius 2 is 2.04 bits per heavy atom. The van der Waals surface area contributed by atoms with E-state index in [1.165, 1.54) is 0 Å². The lowest BCUT2D eigenvalue weighted by molar-refractivity contribution is 0.414. The summed E-state index contributed by atoms with van der Waals surface area (Å²) in [5.41, 5.74) is 2.09. The van der Waals surface area contributed by atoms with E-state index < -0.39 is 0 Å². The van der Waals surface area contributed by atoms with E-state index in [-0.39, 0.29) is 0 Å². The third-order valence-electron chi connectivity index (χ3n) is 2.91. The summed E-state index contributed by atoms with van der Waals surface area (Å²) in [7, 11) is 1.66. The second-order valence-electron chi connectivity index (χ2n) is 4.42. The van der Waals surface area contributed by atoms with E-state index in [0.717, 1.165) is 28.3 Å². The molecule has 2 rings (SSSR count). The Bertz CT molecular complexity index is 704. The van der Waals surface area contributed by atoms with Gasteiger partial charge in [0.05, 0.1) is 40.6 Å². The number of methoxy groups -OCH3 is 1. The minimum Gasteiger partial charge on any atom is -0.497 e. The molecule has 0 bridgehead atoms. The second-order valence-corrected chi connectivity index (χ2v) is 5.85. The number of nitrogens with zero attached hydrogens (tertiary/aromatic N) is 3. The monoisotopic (exact) mass is 437 g/mol. The molecule has 0 aliphatic heterocycles. The summed E-state index contributed by atoms with van der Waals surface area (Å²) >= 11 is 3.65. The van der Waals surface area contributed by atoms with Gasteiger partial charge in [-0.2, -0.15) is 10.2 Å². The van der Waals surface area contributed by atoms with Crippen molar-refractivity contribution in [2.45, 2.75) is 6.42 Å². The molecule has 0 atom stereocenters. The van der Waals surface area contributed by atoms with Gasteiger partial charge in [-0.3, -0.25) is 0 Å². The van der Waals surface area contributed by atoms with Crippen molar-refractivity contribution < 1.29 is 4.74 Å². The van der Waals surface area contributed by atoms with Crippen LogP contribution in [-0.4, -0.2) is 25.3 Å². The van der Waals surface area contributed by atoms with E-state index in [1.54, 1.807) is 30.9 Å². The third kappa shape index (κ3) is 6.07. The van der Waals surface area contributed by atoms with Gasteiger partial charge in [-0.05, 0) is 41.3 Å². The fourth-order valence-electron chi connectivity index (χ4n) is 1.74.